The Morgan fingerprint density at radius 3 is 2.47 bits per heavy atom. The number of hydrogen-bond donors (Lipinski definition) is 2. The zero-order valence-electron chi connectivity index (χ0n) is 9.82. The summed E-state index contributed by atoms with van der Waals surface area (Å²) in [6.45, 7) is 1.00. The predicted octanol–water partition coefficient (Wildman–Crippen LogP) is 2.59. The summed E-state index contributed by atoms with van der Waals surface area (Å²) in [4.78, 5) is 8.35. The van der Waals surface area contributed by atoms with Gasteiger partial charge in [0, 0.05) is 24.4 Å². The Labute approximate surface area is 110 Å². The molecule has 0 aromatic carbocycles. The quantitative estimate of drug-likeness (QED) is 0.897. The third-order valence-corrected chi connectivity index (χ3v) is 3.90. The van der Waals surface area contributed by atoms with Gasteiger partial charge in [0.25, 0.3) is 0 Å². The normalized spacial score (nSPS) is 18.9. The van der Waals surface area contributed by atoms with Crippen LogP contribution < -0.4 is 5.32 Å². The fourth-order valence-electron chi connectivity index (χ4n) is 2.36. The van der Waals surface area contributed by atoms with Crippen molar-refractivity contribution in [3.8, 4) is 0 Å². The molecule has 1 aromatic heterocycles. The smallest absolute Gasteiger partial charge is 0.222 e. The molecule has 2 rings (SSSR count). The Hall–Kier alpha value is -0.680. The van der Waals surface area contributed by atoms with E-state index in [9.17, 15) is 5.11 Å². The third-order valence-electron chi connectivity index (χ3n) is 3.49. The fraction of sp³-hybridized carbons (Fsp3) is 0.667. The molecule has 0 atom stereocenters. The summed E-state index contributed by atoms with van der Waals surface area (Å²) >= 11 is 3.30. The van der Waals surface area contributed by atoms with Crippen molar-refractivity contribution in [1.82, 2.24) is 9.97 Å². The van der Waals surface area contributed by atoms with Gasteiger partial charge >= 0.3 is 0 Å². The molecule has 2 N–H and O–H groups in total. The number of aliphatic hydroxyl groups excluding tert-OH is 1. The van der Waals surface area contributed by atoms with E-state index in [0.717, 1.165) is 23.9 Å². The lowest BCUT2D eigenvalue weighted by molar-refractivity contribution is 0.0942. The highest BCUT2D eigenvalue weighted by atomic mass is 79.9. The van der Waals surface area contributed by atoms with Crippen LogP contribution in [0.25, 0.3) is 0 Å². The first-order valence-electron chi connectivity index (χ1n) is 6.06. The van der Waals surface area contributed by atoms with E-state index in [1.54, 1.807) is 12.4 Å². The van der Waals surface area contributed by atoms with Crippen LogP contribution in [0.3, 0.4) is 0 Å². The first-order chi connectivity index (χ1) is 8.24. The highest BCUT2D eigenvalue weighted by Gasteiger charge is 2.31. The van der Waals surface area contributed by atoms with Crippen molar-refractivity contribution in [3.63, 3.8) is 0 Å². The number of nitrogens with one attached hydrogen (secondary N) is 1. The lowest BCUT2D eigenvalue weighted by Crippen LogP contribution is -2.35. The van der Waals surface area contributed by atoms with E-state index in [1.165, 1.54) is 19.3 Å². The monoisotopic (exact) mass is 299 g/mol. The Morgan fingerprint density at radius 2 is 1.88 bits per heavy atom. The molecule has 1 fully saturated rings. The van der Waals surface area contributed by atoms with Crippen molar-refractivity contribution < 1.29 is 5.11 Å². The number of aliphatic hydroxyl groups is 1. The minimum absolute atomic E-state index is 0.0225. The molecule has 1 aliphatic rings. The molecule has 0 spiro atoms. The first kappa shape index (κ1) is 12.8. The highest BCUT2D eigenvalue weighted by molar-refractivity contribution is 9.10. The molecule has 94 valence electrons. The SMILES string of the molecule is OCC1(CNc2ncc(Br)cn2)CCCCC1. The topological polar surface area (TPSA) is 58.0 Å². The summed E-state index contributed by atoms with van der Waals surface area (Å²) in [5.41, 5.74) is 0.0225. The van der Waals surface area contributed by atoms with E-state index >= 15 is 0 Å². The van der Waals surface area contributed by atoms with Gasteiger partial charge in [-0.05, 0) is 28.8 Å². The molecule has 17 heavy (non-hydrogen) atoms. The number of nitrogens with zero attached hydrogens (tertiary/aromatic N) is 2. The third kappa shape index (κ3) is 3.39. The molecule has 4 nitrogen and oxygen atoms in total. The molecule has 0 unspecified atom stereocenters. The van der Waals surface area contributed by atoms with Crippen LogP contribution in [-0.4, -0.2) is 28.2 Å². The van der Waals surface area contributed by atoms with Gasteiger partial charge in [0.1, 0.15) is 0 Å². The van der Waals surface area contributed by atoms with Gasteiger partial charge in [-0.2, -0.15) is 0 Å². The summed E-state index contributed by atoms with van der Waals surface area (Å²) in [5.74, 6) is 0.631. The molecule has 0 saturated heterocycles. The van der Waals surface area contributed by atoms with Gasteiger partial charge in [0.15, 0.2) is 0 Å². The first-order valence-corrected chi connectivity index (χ1v) is 6.86. The minimum atomic E-state index is 0.0225. The number of anilines is 1. The Kier molecular flexibility index (Phi) is 4.34. The number of aromatic nitrogens is 2. The van der Waals surface area contributed by atoms with Crippen LogP contribution in [-0.2, 0) is 0 Å². The van der Waals surface area contributed by atoms with Crippen LogP contribution in [0.15, 0.2) is 16.9 Å². The van der Waals surface area contributed by atoms with E-state index < -0.39 is 0 Å². The van der Waals surface area contributed by atoms with Crippen LogP contribution in [0.1, 0.15) is 32.1 Å². The van der Waals surface area contributed by atoms with E-state index in [2.05, 4.69) is 31.2 Å². The second-order valence-electron chi connectivity index (χ2n) is 4.80. The molecule has 1 aliphatic carbocycles. The van der Waals surface area contributed by atoms with E-state index in [-0.39, 0.29) is 12.0 Å². The molecular formula is C12H18BrN3O. The number of rotatable bonds is 4. The maximum atomic E-state index is 9.58. The van der Waals surface area contributed by atoms with Gasteiger partial charge in [-0.25, -0.2) is 9.97 Å². The second kappa shape index (κ2) is 5.78. The summed E-state index contributed by atoms with van der Waals surface area (Å²) < 4.78 is 0.873. The summed E-state index contributed by atoms with van der Waals surface area (Å²) in [6.07, 6.45) is 9.34. The zero-order valence-corrected chi connectivity index (χ0v) is 11.4. The molecule has 0 aliphatic heterocycles. The van der Waals surface area contributed by atoms with Crippen molar-refractivity contribution in [1.29, 1.82) is 0 Å². The Balaban J connectivity index is 1.93. The van der Waals surface area contributed by atoms with Crippen LogP contribution in [0, 0.1) is 5.41 Å². The van der Waals surface area contributed by atoms with Gasteiger partial charge in [-0.1, -0.05) is 19.3 Å². The van der Waals surface area contributed by atoms with Gasteiger partial charge in [0.05, 0.1) is 11.1 Å². The predicted molar refractivity (Wildman–Crippen MR) is 70.8 cm³/mol. The van der Waals surface area contributed by atoms with E-state index in [1.807, 2.05) is 0 Å². The second-order valence-corrected chi connectivity index (χ2v) is 5.71. The standard InChI is InChI=1S/C12H18BrN3O/c13-10-6-14-11(15-7-10)16-8-12(9-17)4-2-1-3-5-12/h6-7,17H,1-5,8-9H2,(H,14,15,16). The average molecular weight is 300 g/mol. The summed E-state index contributed by atoms with van der Waals surface area (Å²) in [6, 6.07) is 0. The van der Waals surface area contributed by atoms with Crippen LogP contribution in [0.5, 0.6) is 0 Å². The lowest BCUT2D eigenvalue weighted by atomic mass is 9.74. The Morgan fingerprint density at radius 1 is 1.24 bits per heavy atom. The van der Waals surface area contributed by atoms with Gasteiger partial charge in [0.2, 0.25) is 5.95 Å². The maximum Gasteiger partial charge on any atom is 0.222 e. The summed E-state index contributed by atoms with van der Waals surface area (Å²) in [7, 11) is 0. The molecule has 1 saturated carbocycles. The van der Waals surface area contributed by atoms with E-state index in [0.29, 0.717) is 5.95 Å². The summed E-state index contributed by atoms with van der Waals surface area (Å²) in [5, 5.41) is 12.8. The number of halogens is 1. The molecule has 5 heteroatoms. The van der Waals surface area contributed by atoms with Gasteiger partial charge < -0.3 is 10.4 Å². The number of hydrogen-bond acceptors (Lipinski definition) is 4. The highest BCUT2D eigenvalue weighted by Crippen LogP contribution is 2.35. The van der Waals surface area contributed by atoms with Crippen LogP contribution >= 0.6 is 15.9 Å². The molecule has 0 radical (unpaired) electrons. The van der Waals surface area contributed by atoms with Crippen LogP contribution in [0.2, 0.25) is 0 Å². The average Bonchev–Trinajstić information content (AvgIpc) is 2.39. The van der Waals surface area contributed by atoms with Crippen molar-refractivity contribution in [2.45, 2.75) is 32.1 Å². The van der Waals surface area contributed by atoms with Crippen molar-refractivity contribution in [2.24, 2.45) is 5.41 Å². The minimum Gasteiger partial charge on any atom is -0.396 e. The molecule has 0 amide bonds. The van der Waals surface area contributed by atoms with Crippen molar-refractivity contribution >= 4 is 21.9 Å². The fourth-order valence-corrected chi connectivity index (χ4v) is 2.57. The van der Waals surface area contributed by atoms with E-state index in [4.69, 9.17) is 0 Å². The molecule has 1 aromatic rings. The molecule has 0 bridgehead atoms. The van der Waals surface area contributed by atoms with Gasteiger partial charge in [-0.15, -0.1) is 0 Å². The van der Waals surface area contributed by atoms with Crippen molar-refractivity contribution in [2.75, 3.05) is 18.5 Å². The largest absolute Gasteiger partial charge is 0.396 e. The maximum absolute atomic E-state index is 9.58. The van der Waals surface area contributed by atoms with Crippen molar-refractivity contribution in [3.05, 3.63) is 16.9 Å². The molecule has 1 heterocycles. The lowest BCUT2D eigenvalue weighted by Gasteiger charge is -2.35. The zero-order chi connectivity index (χ0) is 12.1. The Bertz CT molecular complexity index is 349. The van der Waals surface area contributed by atoms with Crippen LogP contribution in [0.4, 0.5) is 5.95 Å². The molecular weight excluding hydrogens is 282 g/mol. The van der Waals surface area contributed by atoms with Gasteiger partial charge in [-0.3, -0.25) is 0 Å².